The maximum Gasteiger partial charge on any atom is 0.00899 e. The van der Waals surface area contributed by atoms with Crippen LogP contribution in [0.25, 0.3) is 0 Å². The fourth-order valence-electron chi connectivity index (χ4n) is 1.72. The summed E-state index contributed by atoms with van der Waals surface area (Å²) in [6.07, 6.45) is 5.11. The van der Waals surface area contributed by atoms with E-state index in [1.165, 1.54) is 31.3 Å². The molecule has 0 heterocycles. The maximum absolute atomic E-state index is 3.93. The van der Waals surface area contributed by atoms with Crippen molar-refractivity contribution in [3.8, 4) is 0 Å². The van der Waals surface area contributed by atoms with Crippen LogP contribution in [-0.2, 0) is 0 Å². The minimum absolute atomic E-state index is 0.699. The molecule has 0 aliphatic heterocycles. The molecule has 0 rings (SSSR count). The first-order valence-electron chi connectivity index (χ1n) is 5.95. The van der Waals surface area contributed by atoms with Crippen molar-refractivity contribution < 1.29 is 0 Å². The van der Waals surface area contributed by atoms with E-state index in [9.17, 15) is 0 Å². The highest BCUT2D eigenvalue weighted by atomic mass is 14.9. The van der Waals surface area contributed by atoms with Crippen molar-refractivity contribution >= 4 is 0 Å². The zero-order valence-electron chi connectivity index (χ0n) is 10.4. The van der Waals surface area contributed by atoms with Crippen molar-refractivity contribution in [2.24, 2.45) is 5.92 Å². The van der Waals surface area contributed by atoms with Gasteiger partial charge in [0, 0.05) is 6.04 Å². The van der Waals surface area contributed by atoms with E-state index in [1.54, 1.807) is 0 Å². The SMILES string of the molecule is C=C(C)CCCCC(NCC)C(C)C. The van der Waals surface area contributed by atoms with E-state index >= 15 is 0 Å². The van der Waals surface area contributed by atoms with Crippen molar-refractivity contribution in [3.63, 3.8) is 0 Å². The van der Waals surface area contributed by atoms with Crippen LogP contribution in [-0.4, -0.2) is 12.6 Å². The monoisotopic (exact) mass is 197 g/mol. The number of allylic oxidation sites excluding steroid dienone is 1. The third kappa shape index (κ3) is 7.14. The molecule has 0 aliphatic rings. The molecule has 14 heavy (non-hydrogen) atoms. The molecule has 0 fully saturated rings. The minimum atomic E-state index is 0.699. The van der Waals surface area contributed by atoms with Gasteiger partial charge < -0.3 is 5.32 Å². The Morgan fingerprint density at radius 1 is 1.29 bits per heavy atom. The predicted molar refractivity (Wildman–Crippen MR) is 65.6 cm³/mol. The quantitative estimate of drug-likeness (QED) is 0.461. The zero-order chi connectivity index (χ0) is 11.0. The number of rotatable bonds is 8. The Bertz CT molecular complexity index is 149. The first-order valence-corrected chi connectivity index (χ1v) is 5.95. The minimum Gasteiger partial charge on any atom is -0.314 e. The number of unbranched alkanes of at least 4 members (excludes halogenated alkanes) is 1. The van der Waals surface area contributed by atoms with E-state index in [0.717, 1.165) is 12.5 Å². The summed E-state index contributed by atoms with van der Waals surface area (Å²) >= 11 is 0. The van der Waals surface area contributed by atoms with Crippen LogP contribution in [0, 0.1) is 5.92 Å². The molecule has 0 amide bonds. The van der Waals surface area contributed by atoms with Gasteiger partial charge in [-0.15, -0.1) is 6.58 Å². The molecule has 0 aromatic carbocycles. The molecule has 84 valence electrons. The van der Waals surface area contributed by atoms with Crippen LogP contribution in [0.4, 0.5) is 0 Å². The highest BCUT2D eigenvalue weighted by Crippen LogP contribution is 2.12. The van der Waals surface area contributed by atoms with Gasteiger partial charge in [0.15, 0.2) is 0 Å². The van der Waals surface area contributed by atoms with Crippen molar-refractivity contribution in [1.82, 2.24) is 5.32 Å². The summed E-state index contributed by atoms with van der Waals surface area (Å²) in [5.74, 6) is 0.750. The number of hydrogen-bond acceptors (Lipinski definition) is 1. The Morgan fingerprint density at radius 2 is 1.93 bits per heavy atom. The second kappa shape index (κ2) is 8.05. The topological polar surface area (TPSA) is 12.0 Å². The Kier molecular flexibility index (Phi) is 7.87. The van der Waals surface area contributed by atoms with E-state index < -0.39 is 0 Å². The Hall–Kier alpha value is -0.300. The second-order valence-corrected chi connectivity index (χ2v) is 4.61. The Morgan fingerprint density at radius 3 is 2.36 bits per heavy atom. The van der Waals surface area contributed by atoms with E-state index in [4.69, 9.17) is 0 Å². The largest absolute Gasteiger partial charge is 0.314 e. The number of nitrogens with one attached hydrogen (secondary N) is 1. The second-order valence-electron chi connectivity index (χ2n) is 4.61. The van der Waals surface area contributed by atoms with Crippen LogP contribution >= 0.6 is 0 Å². The summed E-state index contributed by atoms with van der Waals surface area (Å²) in [4.78, 5) is 0. The van der Waals surface area contributed by atoms with Crippen molar-refractivity contribution in [3.05, 3.63) is 12.2 Å². The van der Waals surface area contributed by atoms with E-state index in [1.807, 2.05) is 0 Å². The lowest BCUT2D eigenvalue weighted by atomic mass is 9.97. The van der Waals surface area contributed by atoms with Gasteiger partial charge in [0.1, 0.15) is 0 Å². The summed E-state index contributed by atoms with van der Waals surface area (Å²) in [5, 5.41) is 3.55. The predicted octanol–water partition coefficient (Wildman–Crippen LogP) is 3.76. The van der Waals surface area contributed by atoms with Crippen LogP contribution in [0.1, 0.15) is 53.4 Å². The molecule has 0 aromatic heterocycles. The van der Waals surface area contributed by atoms with Gasteiger partial charge in [0.05, 0.1) is 0 Å². The first-order chi connectivity index (χ1) is 6.57. The molecule has 0 spiro atoms. The lowest BCUT2D eigenvalue weighted by molar-refractivity contribution is 0.373. The standard InChI is InChI=1S/C13H27N/c1-6-14-13(12(4)5)10-8-7-9-11(2)3/h12-14H,2,6-10H2,1,3-5H3. The lowest BCUT2D eigenvalue weighted by Crippen LogP contribution is -2.33. The highest BCUT2D eigenvalue weighted by Gasteiger charge is 2.10. The van der Waals surface area contributed by atoms with Gasteiger partial charge in [0.25, 0.3) is 0 Å². The molecule has 1 unspecified atom stereocenters. The molecular formula is C13H27N. The summed E-state index contributed by atoms with van der Waals surface area (Å²) in [6.45, 7) is 13.9. The molecule has 1 heteroatoms. The van der Waals surface area contributed by atoms with Gasteiger partial charge in [-0.1, -0.05) is 32.8 Å². The van der Waals surface area contributed by atoms with Crippen LogP contribution in [0.5, 0.6) is 0 Å². The fraction of sp³-hybridized carbons (Fsp3) is 0.846. The normalized spacial score (nSPS) is 13.2. The molecular weight excluding hydrogens is 170 g/mol. The Balaban J connectivity index is 3.55. The van der Waals surface area contributed by atoms with Crippen LogP contribution in [0.15, 0.2) is 12.2 Å². The van der Waals surface area contributed by atoms with Crippen molar-refractivity contribution in [2.75, 3.05) is 6.54 Å². The van der Waals surface area contributed by atoms with E-state index in [-0.39, 0.29) is 0 Å². The molecule has 0 saturated heterocycles. The number of hydrogen-bond donors (Lipinski definition) is 1. The lowest BCUT2D eigenvalue weighted by Gasteiger charge is -2.21. The summed E-state index contributed by atoms with van der Waals surface area (Å²) < 4.78 is 0. The molecule has 0 aliphatic carbocycles. The average Bonchev–Trinajstić information content (AvgIpc) is 2.09. The van der Waals surface area contributed by atoms with E-state index in [0.29, 0.717) is 6.04 Å². The molecule has 1 atom stereocenters. The summed E-state index contributed by atoms with van der Waals surface area (Å²) in [6, 6.07) is 0.699. The Labute approximate surface area is 90.0 Å². The van der Waals surface area contributed by atoms with Gasteiger partial charge in [-0.05, 0) is 38.6 Å². The van der Waals surface area contributed by atoms with Gasteiger partial charge in [-0.25, -0.2) is 0 Å². The van der Waals surface area contributed by atoms with Gasteiger partial charge in [0.2, 0.25) is 0 Å². The van der Waals surface area contributed by atoms with E-state index in [2.05, 4.69) is 39.6 Å². The van der Waals surface area contributed by atoms with Gasteiger partial charge in [-0.3, -0.25) is 0 Å². The molecule has 0 bridgehead atoms. The third-order valence-corrected chi connectivity index (χ3v) is 2.64. The third-order valence-electron chi connectivity index (χ3n) is 2.64. The molecule has 0 saturated carbocycles. The van der Waals surface area contributed by atoms with Gasteiger partial charge >= 0.3 is 0 Å². The average molecular weight is 197 g/mol. The summed E-state index contributed by atoms with van der Waals surface area (Å²) in [5.41, 5.74) is 1.31. The zero-order valence-corrected chi connectivity index (χ0v) is 10.4. The molecule has 0 radical (unpaired) electrons. The van der Waals surface area contributed by atoms with Crippen LogP contribution in [0.3, 0.4) is 0 Å². The van der Waals surface area contributed by atoms with Crippen molar-refractivity contribution in [1.29, 1.82) is 0 Å². The maximum atomic E-state index is 3.93. The fourth-order valence-corrected chi connectivity index (χ4v) is 1.72. The molecule has 1 nitrogen and oxygen atoms in total. The molecule has 1 N–H and O–H groups in total. The smallest absolute Gasteiger partial charge is 0.00899 e. The molecule has 0 aromatic rings. The first kappa shape index (κ1) is 13.7. The van der Waals surface area contributed by atoms with Crippen LogP contribution in [0.2, 0.25) is 0 Å². The van der Waals surface area contributed by atoms with Crippen molar-refractivity contribution in [2.45, 2.75) is 59.4 Å². The van der Waals surface area contributed by atoms with Gasteiger partial charge in [-0.2, -0.15) is 0 Å². The van der Waals surface area contributed by atoms with Crippen LogP contribution < -0.4 is 5.32 Å². The highest BCUT2D eigenvalue weighted by molar-refractivity contribution is 4.87. The summed E-state index contributed by atoms with van der Waals surface area (Å²) in [7, 11) is 0.